The normalized spacial score (nSPS) is 12.0. The predicted octanol–water partition coefficient (Wildman–Crippen LogP) is 2.53. The molecule has 0 saturated heterocycles. The molecule has 2 N–H and O–H groups in total. The zero-order valence-electron chi connectivity index (χ0n) is 14.8. The number of carbonyl (C=O) groups excluding carboxylic acids is 1. The Morgan fingerprint density at radius 3 is 2.58 bits per heavy atom. The number of hydrogen-bond donors (Lipinski definition) is 2. The largest absolute Gasteiger partial charge is 0.368 e. The van der Waals surface area contributed by atoms with Crippen molar-refractivity contribution in [2.75, 3.05) is 32.5 Å². The SMILES string of the molecule is Cc1ccnc(NCCNC(=O)[C@H](c2ccccc2C)N(C)C)c1. The van der Waals surface area contributed by atoms with Gasteiger partial charge in [-0.2, -0.15) is 0 Å². The number of likely N-dealkylation sites (N-methyl/N-ethyl adjacent to an activating group) is 1. The van der Waals surface area contributed by atoms with E-state index >= 15 is 0 Å². The van der Waals surface area contributed by atoms with E-state index < -0.39 is 0 Å². The van der Waals surface area contributed by atoms with Crippen molar-refractivity contribution < 1.29 is 4.79 Å². The topological polar surface area (TPSA) is 57.3 Å². The summed E-state index contributed by atoms with van der Waals surface area (Å²) in [5.74, 6) is 0.834. The van der Waals surface area contributed by atoms with Crippen LogP contribution in [0.25, 0.3) is 0 Å². The molecule has 0 bridgehead atoms. The van der Waals surface area contributed by atoms with Crippen molar-refractivity contribution in [3.05, 3.63) is 59.3 Å². The third-order valence-corrected chi connectivity index (χ3v) is 3.89. The minimum atomic E-state index is -0.289. The van der Waals surface area contributed by atoms with Gasteiger partial charge in [0.1, 0.15) is 11.9 Å². The molecule has 1 heterocycles. The second-order valence-electron chi connectivity index (χ2n) is 6.16. The van der Waals surface area contributed by atoms with Crippen molar-refractivity contribution in [2.24, 2.45) is 0 Å². The molecule has 1 atom stereocenters. The summed E-state index contributed by atoms with van der Waals surface area (Å²) in [5.41, 5.74) is 3.31. The molecule has 0 fully saturated rings. The maximum Gasteiger partial charge on any atom is 0.242 e. The van der Waals surface area contributed by atoms with Crippen LogP contribution in [-0.4, -0.2) is 43.0 Å². The van der Waals surface area contributed by atoms with Crippen LogP contribution < -0.4 is 10.6 Å². The number of aryl methyl sites for hydroxylation is 2. The molecule has 0 saturated carbocycles. The monoisotopic (exact) mass is 326 g/mol. The Morgan fingerprint density at radius 2 is 1.92 bits per heavy atom. The lowest BCUT2D eigenvalue weighted by Gasteiger charge is -2.25. The molecule has 5 nitrogen and oxygen atoms in total. The number of nitrogens with one attached hydrogen (secondary N) is 2. The number of benzene rings is 1. The van der Waals surface area contributed by atoms with Crippen LogP contribution in [0.4, 0.5) is 5.82 Å². The van der Waals surface area contributed by atoms with E-state index in [0.717, 1.165) is 22.5 Å². The zero-order chi connectivity index (χ0) is 17.5. The standard InChI is InChI=1S/C19H26N4O/c1-14-9-10-20-17(13-14)21-11-12-22-19(24)18(23(3)4)16-8-6-5-7-15(16)2/h5-10,13,18H,11-12H2,1-4H3,(H,20,21)(H,22,24)/t18-/m0/s1. The van der Waals surface area contributed by atoms with Gasteiger partial charge in [0.05, 0.1) is 0 Å². The van der Waals surface area contributed by atoms with E-state index in [1.165, 1.54) is 0 Å². The highest BCUT2D eigenvalue weighted by Crippen LogP contribution is 2.21. The van der Waals surface area contributed by atoms with Crippen LogP contribution >= 0.6 is 0 Å². The van der Waals surface area contributed by atoms with Crippen molar-refractivity contribution in [1.82, 2.24) is 15.2 Å². The first-order chi connectivity index (χ1) is 11.5. The fourth-order valence-corrected chi connectivity index (χ4v) is 2.65. The molecule has 0 unspecified atom stereocenters. The molecular formula is C19H26N4O. The first-order valence-corrected chi connectivity index (χ1v) is 8.15. The highest BCUT2D eigenvalue weighted by atomic mass is 16.2. The first-order valence-electron chi connectivity index (χ1n) is 8.15. The molecule has 0 aliphatic carbocycles. The molecule has 1 aromatic heterocycles. The van der Waals surface area contributed by atoms with Gasteiger partial charge in [-0.25, -0.2) is 4.98 Å². The van der Waals surface area contributed by atoms with Crippen LogP contribution in [0.5, 0.6) is 0 Å². The summed E-state index contributed by atoms with van der Waals surface area (Å²) in [4.78, 5) is 18.8. The van der Waals surface area contributed by atoms with Gasteiger partial charge >= 0.3 is 0 Å². The number of aromatic nitrogens is 1. The predicted molar refractivity (Wildman–Crippen MR) is 98.1 cm³/mol. The number of rotatable bonds is 7. The lowest BCUT2D eigenvalue weighted by Crippen LogP contribution is -2.39. The van der Waals surface area contributed by atoms with Gasteiger partial charge in [0.2, 0.25) is 5.91 Å². The summed E-state index contributed by atoms with van der Waals surface area (Å²) in [6.07, 6.45) is 1.77. The third-order valence-electron chi connectivity index (χ3n) is 3.89. The lowest BCUT2D eigenvalue weighted by atomic mass is 10.00. The summed E-state index contributed by atoms with van der Waals surface area (Å²) in [7, 11) is 3.84. The van der Waals surface area contributed by atoms with Crippen molar-refractivity contribution in [1.29, 1.82) is 0 Å². The van der Waals surface area contributed by atoms with Crippen LogP contribution in [-0.2, 0) is 4.79 Å². The Morgan fingerprint density at radius 1 is 1.17 bits per heavy atom. The summed E-state index contributed by atoms with van der Waals surface area (Å²) in [6, 6.07) is 11.6. The molecule has 128 valence electrons. The van der Waals surface area contributed by atoms with Crippen LogP contribution in [0, 0.1) is 13.8 Å². The second-order valence-corrected chi connectivity index (χ2v) is 6.16. The second kappa shape index (κ2) is 8.45. The van der Waals surface area contributed by atoms with Crippen molar-refractivity contribution in [3.63, 3.8) is 0 Å². The highest BCUT2D eigenvalue weighted by molar-refractivity contribution is 5.83. The molecule has 0 aliphatic rings. The fraction of sp³-hybridized carbons (Fsp3) is 0.368. The number of anilines is 1. The minimum absolute atomic E-state index is 0.00769. The lowest BCUT2D eigenvalue weighted by molar-refractivity contribution is -0.125. The third kappa shape index (κ3) is 4.80. The van der Waals surface area contributed by atoms with Gasteiger partial charge in [0, 0.05) is 19.3 Å². The van der Waals surface area contributed by atoms with Crippen molar-refractivity contribution in [2.45, 2.75) is 19.9 Å². The van der Waals surface area contributed by atoms with Crippen LogP contribution in [0.1, 0.15) is 22.7 Å². The van der Waals surface area contributed by atoms with Crippen LogP contribution in [0.15, 0.2) is 42.6 Å². The first kappa shape index (κ1) is 17.9. The Kier molecular flexibility index (Phi) is 6.32. The van der Waals surface area contributed by atoms with E-state index in [1.54, 1.807) is 6.20 Å². The van der Waals surface area contributed by atoms with Crippen molar-refractivity contribution in [3.8, 4) is 0 Å². The fourth-order valence-electron chi connectivity index (χ4n) is 2.65. The van der Waals surface area contributed by atoms with E-state index in [9.17, 15) is 4.79 Å². The maximum atomic E-state index is 12.6. The molecular weight excluding hydrogens is 300 g/mol. The highest BCUT2D eigenvalue weighted by Gasteiger charge is 2.23. The van der Waals surface area contributed by atoms with Gasteiger partial charge in [-0.05, 0) is 56.8 Å². The van der Waals surface area contributed by atoms with Crippen LogP contribution in [0.2, 0.25) is 0 Å². The Bertz CT molecular complexity index is 685. The summed E-state index contributed by atoms with van der Waals surface area (Å²) in [6.45, 7) is 5.24. The number of nitrogens with zero attached hydrogens (tertiary/aromatic N) is 2. The average molecular weight is 326 g/mol. The minimum Gasteiger partial charge on any atom is -0.368 e. The van der Waals surface area contributed by atoms with Gasteiger partial charge in [-0.1, -0.05) is 24.3 Å². The zero-order valence-corrected chi connectivity index (χ0v) is 14.8. The maximum absolute atomic E-state index is 12.6. The quantitative estimate of drug-likeness (QED) is 0.768. The number of carbonyl (C=O) groups is 1. The van der Waals surface area contributed by atoms with Crippen molar-refractivity contribution >= 4 is 11.7 Å². The van der Waals surface area contributed by atoms with E-state index in [4.69, 9.17) is 0 Å². The van der Waals surface area contributed by atoms with E-state index in [0.29, 0.717) is 13.1 Å². The number of pyridine rings is 1. The molecule has 2 aromatic rings. The summed E-state index contributed by atoms with van der Waals surface area (Å²) < 4.78 is 0. The van der Waals surface area contributed by atoms with Gasteiger partial charge in [0.15, 0.2) is 0 Å². The van der Waals surface area contributed by atoms with Gasteiger partial charge < -0.3 is 10.6 Å². The van der Waals surface area contributed by atoms with E-state index in [-0.39, 0.29) is 11.9 Å². The molecule has 0 spiro atoms. The molecule has 0 radical (unpaired) electrons. The number of amides is 1. The molecule has 2 rings (SSSR count). The molecule has 5 heteroatoms. The number of hydrogen-bond acceptors (Lipinski definition) is 4. The van der Waals surface area contributed by atoms with Gasteiger partial charge in [-0.15, -0.1) is 0 Å². The summed E-state index contributed by atoms with van der Waals surface area (Å²) in [5, 5.41) is 6.22. The summed E-state index contributed by atoms with van der Waals surface area (Å²) >= 11 is 0. The average Bonchev–Trinajstić information content (AvgIpc) is 2.53. The molecule has 1 aromatic carbocycles. The molecule has 24 heavy (non-hydrogen) atoms. The smallest absolute Gasteiger partial charge is 0.242 e. The Labute approximate surface area is 144 Å². The molecule has 0 aliphatic heterocycles. The van der Waals surface area contributed by atoms with Gasteiger partial charge in [-0.3, -0.25) is 9.69 Å². The Hall–Kier alpha value is -2.40. The molecule has 1 amide bonds. The van der Waals surface area contributed by atoms with Crippen LogP contribution in [0.3, 0.4) is 0 Å². The van der Waals surface area contributed by atoms with Gasteiger partial charge in [0.25, 0.3) is 0 Å². The Balaban J connectivity index is 1.91. The van der Waals surface area contributed by atoms with E-state index in [1.807, 2.05) is 69.2 Å². The van der Waals surface area contributed by atoms with E-state index in [2.05, 4.69) is 15.6 Å².